The molecule has 134 valence electrons. The summed E-state index contributed by atoms with van der Waals surface area (Å²) in [6, 6.07) is 20.1. The summed E-state index contributed by atoms with van der Waals surface area (Å²) < 4.78 is 0. The number of benzene rings is 2. The number of carbonyl (C=O) groups is 1. The van der Waals surface area contributed by atoms with E-state index < -0.39 is 0 Å². The van der Waals surface area contributed by atoms with Crippen molar-refractivity contribution in [3.05, 3.63) is 88.6 Å². The molecule has 1 heterocycles. The predicted molar refractivity (Wildman–Crippen MR) is 106 cm³/mol. The molecule has 5 nitrogen and oxygen atoms in total. The summed E-state index contributed by atoms with van der Waals surface area (Å²) in [5.74, 6) is 0.325. The van der Waals surface area contributed by atoms with Crippen molar-refractivity contribution >= 4 is 29.0 Å². The lowest BCUT2D eigenvalue weighted by Gasteiger charge is -2.09. The summed E-state index contributed by atoms with van der Waals surface area (Å²) in [4.78, 5) is 16.6. The van der Waals surface area contributed by atoms with Gasteiger partial charge >= 0.3 is 0 Å². The van der Waals surface area contributed by atoms with E-state index in [2.05, 4.69) is 21.7 Å². The van der Waals surface area contributed by atoms with Gasteiger partial charge in [0.25, 0.3) is 5.91 Å². The lowest BCUT2D eigenvalue weighted by atomic mass is 10.1. The number of amides is 1. The fourth-order valence-corrected chi connectivity index (χ4v) is 2.67. The average molecular weight is 377 g/mol. The van der Waals surface area contributed by atoms with Crippen LogP contribution in [0.5, 0.6) is 0 Å². The molecule has 0 fully saturated rings. The molecule has 3 rings (SSSR count). The van der Waals surface area contributed by atoms with Crippen LogP contribution in [0.1, 0.15) is 21.5 Å². The van der Waals surface area contributed by atoms with Crippen LogP contribution in [-0.4, -0.2) is 17.4 Å². The van der Waals surface area contributed by atoms with Crippen molar-refractivity contribution in [2.45, 2.75) is 6.42 Å². The summed E-state index contributed by atoms with van der Waals surface area (Å²) in [6.45, 7) is 0.517. The maximum Gasteiger partial charge on any atom is 0.251 e. The topological polar surface area (TPSA) is 77.8 Å². The number of nitrogens with one attached hydrogen (secondary N) is 2. The lowest BCUT2D eigenvalue weighted by Crippen LogP contribution is -2.25. The lowest BCUT2D eigenvalue weighted by molar-refractivity contribution is 0.0954. The molecule has 0 unspecified atom stereocenters. The molecule has 0 aliphatic carbocycles. The van der Waals surface area contributed by atoms with Gasteiger partial charge in [0.15, 0.2) is 0 Å². The molecule has 0 atom stereocenters. The molecule has 0 saturated carbocycles. The summed E-state index contributed by atoms with van der Waals surface area (Å²) in [5, 5.41) is 15.8. The molecule has 0 saturated heterocycles. The zero-order chi connectivity index (χ0) is 19.1. The Morgan fingerprint density at radius 2 is 1.89 bits per heavy atom. The Morgan fingerprint density at radius 1 is 1.11 bits per heavy atom. The van der Waals surface area contributed by atoms with Crippen LogP contribution >= 0.6 is 11.6 Å². The van der Waals surface area contributed by atoms with E-state index in [1.807, 2.05) is 30.3 Å². The maximum atomic E-state index is 12.4. The number of aromatic nitrogens is 1. The zero-order valence-corrected chi connectivity index (χ0v) is 15.2. The number of carbonyl (C=O) groups excluding carboxylic acids is 1. The third kappa shape index (κ3) is 5.06. The number of para-hydroxylation sites is 1. The zero-order valence-electron chi connectivity index (χ0n) is 14.4. The van der Waals surface area contributed by atoms with E-state index in [0.29, 0.717) is 40.6 Å². The van der Waals surface area contributed by atoms with Crippen molar-refractivity contribution in [1.29, 1.82) is 5.26 Å². The van der Waals surface area contributed by atoms with Gasteiger partial charge in [-0.3, -0.25) is 4.79 Å². The molecule has 27 heavy (non-hydrogen) atoms. The molecule has 3 aromatic rings. The van der Waals surface area contributed by atoms with Crippen LogP contribution in [0.2, 0.25) is 5.02 Å². The molecular weight excluding hydrogens is 360 g/mol. The predicted octanol–water partition coefficient (Wildman–Crippen LogP) is 4.32. The Hall–Kier alpha value is -3.36. The second-order valence-electron chi connectivity index (χ2n) is 5.84. The number of pyridine rings is 1. The Bertz CT molecular complexity index is 980. The Balaban J connectivity index is 1.61. The van der Waals surface area contributed by atoms with E-state index in [4.69, 9.17) is 16.9 Å². The van der Waals surface area contributed by atoms with Gasteiger partial charge < -0.3 is 10.6 Å². The molecule has 2 N–H and O–H groups in total. The molecule has 0 aliphatic rings. The Kier molecular flexibility index (Phi) is 6.03. The van der Waals surface area contributed by atoms with Crippen molar-refractivity contribution in [2.24, 2.45) is 0 Å². The highest BCUT2D eigenvalue weighted by atomic mass is 35.5. The maximum absolute atomic E-state index is 12.4. The second kappa shape index (κ2) is 8.84. The van der Waals surface area contributed by atoms with Crippen LogP contribution in [0.25, 0.3) is 0 Å². The van der Waals surface area contributed by atoms with Crippen molar-refractivity contribution in [3.63, 3.8) is 0 Å². The summed E-state index contributed by atoms with van der Waals surface area (Å²) in [6.07, 6.45) is 2.28. The van der Waals surface area contributed by atoms with Gasteiger partial charge in [-0.2, -0.15) is 5.26 Å². The molecule has 2 aromatic carbocycles. The third-order valence-corrected chi connectivity index (χ3v) is 4.20. The van der Waals surface area contributed by atoms with E-state index in [-0.39, 0.29) is 5.91 Å². The summed E-state index contributed by atoms with van der Waals surface area (Å²) in [5.41, 5.74) is 2.76. The van der Waals surface area contributed by atoms with Crippen LogP contribution in [0.3, 0.4) is 0 Å². The van der Waals surface area contributed by atoms with E-state index in [9.17, 15) is 4.79 Å². The van der Waals surface area contributed by atoms with Crippen molar-refractivity contribution < 1.29 is 4.79 Å². The minimum absolute atomic E-state index is 0.178. The van der Waals surface area contributed by atoms with Crippen LogP contribution < -0.4 is 10.6 Å². The number of hydrogen-bond acceptors (Lipinski definition) is 4. The first kappa shape index (κ1) is 18.4. The summed E-state index contributed by atoms with van der Waals surface area (Å²) >= 11 is 5.87. The van der Waals surface area contributed by atoms with Crippen molar-refractivity contribution in [1.82, 2.24) is 10.3 Å². The number of halogens is 1. The number of nitriles is 1. The monoisotopic (exact) mass is 376 g/mol. The summed E-state index contributed by atoms with van der Waals surface area (Å²) in [7, 11) is 0. The van der Waals surface area contributed by atoms with Crippen molar-refractivity contribution in [2.75, 3.05) is 11.9 Å². The number of nitrogens with zero attached hydrogens (tertiary/aromatic N) is 2. The molecule has 6 heteroatoms. The third-order valence-electron chi connectivity index (χ3n) is 3.94. The smallest absolute Gasteiger partial charge is 0.251 e. The fraction of sp³-hybridized carbons (Fsp3) is 0.0952. The number of rotatable bonds is 6. The van der Waals surface area contributed by atoms with Gasteiger partial charge in [-0.15, -0.1) is 0 Å². The average Bonchev–Trinajstić information content (AvgIpc) is 2.70. The molecule has 0 spiro atoms. The molecule has 0 bridgehead atoms. The van der Waals surface area contributed by atoms with E-state index >= 15 is 0 Å². The molecule has 1 aromatic heterocycles. The molecule has 0 radical (unpaired) electrons. The van der Waals surface area contributed by atoms with Crippen LogP contribution in [0.15, 0.2) is 66.9 Å². The van der Waals surface area contributed by atoms with Gasteiger partial charge in [-0.1, -0.05) is 35.9 Å². The highest BCUT2D eigenvalue weighted by molar-refractivity contribution is 6.30. The highest BCUT2D eigenvalue weighted by Crippen LogP contribution is 2.19. The van der Waals surface area contributed by atoms with Gasteiger partial charge in [0, 0.05) is 23.3 Å². The Morgan fingerprint density at radius 3 is 2.67 bits per heavy atom. The first-order valence-electron chi connectivity index (χ1n) is 8.40. The van der Waals surface area contributed by atoms with Gasteiger partial charge in [0.2, 0.25) is 0 Å². The van der Waals surface area contributed by atoms with Gasteiger partial charge in [-0.05, 0) is 48.4 Å². The van der Waals surface area contributed by atoms with Crippen LogP contribution in [-0.2, 0) is 6.42 Å². The van der Waals surface area contributed by atoms with E-state index in [1.165, 1.54) is 0 Å². The van der Waals surface area contributed by atoms with Gasteiger partial charge in [0.1, 0.15) is 11.9 Å². The second-order valence-corrected chi connectivity index (χ2v) is 6.28. The largest absolute Gasteiger partial charge is 0.352 e. The van der Waals surface area contributed by atoms with Crippen LogP contribution in [0.4, 0.5) is 11.5 Å². The highest BCUT2D eigenvalue weighted by Gasteiger charge is 2.08. The molecular formula is C21H17ClN4O. The molecule has 1 amide bonds. The van der Waals surface area contributed by atoms with Crippen molar-refractivity contribution in [3.8, 4) is 6.07 Å². The molecule has 0 aliphatic heterocycles. The van der Waals surface area contributed by atoms with Gasteiger partial charge in [0.05, 0.1) is 11.3 Å². The first-order valence-corrected chi connectivity index (χ1v) is 8.78. The number of anilines is 2. The standard InChI is InChI=1S/C21H17ClN4O/c22-18-7-5-15(6-8-18)9-11-25-21(27)16-10-12-24-20(13-16)26-19-4-2-1-3-17(19)14-23/h1-8,10,12-13H,9,11H2,(H,24,26)(H,25,27). The fourth-order valence-electron chi connectivity index (χ4n) is 2.54. The number of hydrogen-bond donors (Lipinski definition) is 2. The van der Waals surface area contributed by atoms with E-state index in [1.54, 1.807) is 36.5 Å². The quantitative estimate of drug-likeness (QED) is 0.671. The van der Waals surface area contributed by atoms with E-state index in [0.717, 1.165) is 5.56 Å². The minimum atomic E-state index is -0.178. The normalized spacial score (nSPS) is 10.1. The Labute approximate surface area is 162 Å². The SMILES string of the molecule is N#Cc1ccccc1Nc1cc(C(=O)NCCc2ccc(Cl)cc2)ccn1. The van der Waals surface area contributed by atoms with Crippen LogP contribution in [0, 0.1) is 11.3 Å². The minimum Gasteiger partial charge on any atom is -0.352 e. The first-order chi connectivity index (χ1) is 13.2. The van der Waals surface area contributed by atoms with Gasteiger partial charge in [-0.25, -0.2) is 4.98 Å².